The van der Waals surface area contributed by atoms with Crippen LogP contribution in [0.15, 0.2) is 12.3 Å². The average Bonchev–Trinajstić information content (AvgIpc) is 2.28. The van der Waals surface area contributed by atoms with E-state index in [4.69, 9.17) is 4.74 Å². The summed E-state index contributed by atoms with van der Waals surface area (Å²) in [6.45, 7) is 5.98. The number of fused-ring (bicyclic) bond motifs is 1. The minimum absolute atomic E-state index is 0.164. The number of Topliss-reactive ketones (excluding diaryl/α,β-unsaturated/α-hetero) is 1. The summed E-state index contributed by atoms with van der Waals surface area (Å²) in [5, 5.41) is 0. The second-order valence-corrected chi connectivity index (χ2v) is 4.54. The third-order valence-electron chi connectivity index (χ3n) is 3.21. The van der Waals surface area contributed by atoms with E-state index < -0.39 is 5.60 Å². The second kappa shape index (κ2) is 1.93. The van der Waals surface area contributed by atoms with Crippen LogP contribution in [0, 0.1) is 11.3 Å². The summed E-state index contributed by atoms with van der Waals surface area (Å²) in [5.74, 6) is 0.458. The highest BCUT2D eigenvalue weighted by Gasteiger charge is 2.64. The van der Waals surface area contributed by atoms with Crippen molar-refractivity contribution >= 4 is 5.78 Å². The molecule has 0 aromatic carbocycles. The molecule has 2 aliphatic rings. The van der Waals surface area contributed by atoms with Gasteiger partial charge in [0.25, 0.3) is 0 Å². The molecule has 2 atom stereocenters. The number of hydrogen-bond acceptors (Lipinski definition) is 2. The number of hydrogen-bond donors (Lipinski definition) is 0. The highest BCUT2D eigenvalue weighted by Crippen LogP contribution is 2.58. The number of rotatable bonds is 1. The van der Waals surface area contributed by atoms with E-state index in [1.165, 1.54) is 0 Å². The number of carbonyl (C=O) groups is 1. The van der Waals surface area contributed by atoms with Gasteiger partial charge < -0.3 is 4.74 Å². The molecule has 0 aromatic heterocycles. The van der Waals surface area contributed by atoms with Crippen LogP contribution in [0.1, 0.15) is 27.2 Å². The van der Waals surface area contributed by atoms with Crippen molar-refractivity contribution in [3.63, 3.8) is 0 Å². The molecular formula is C10H14O2. The summed E-state index contributed by atoms with van der Waals surface area (Å²) < 4.78 is 5.41. The van der Waals surface area contributed by atoms with Crippen LogP contribution in [0.25, 0.3) is 0 Å². The lowest BCUT2D eigenvalue weighted by Crippen LogP contribution is -2.60. The number of ketones is 1. The van der Waals surface area contributed by atoms with Gasteiger partial charge in [-0.15, -0.1) is 0 Å². The Kier molecular flexibility index (Phi) is 1.26. The monoisotopic (exact) mass is 166 g/mol. The lowest BCUT2D eigenvalue weighted by atomic mass is 9.52. The van der Waals surface area contributed by atoms with E-state index in [0.29, 0.717) is 5.92 Å². The Balaban J connectivity index is 2.30. The maximum Gasteiger partial charge on any atom is 0.173 e. The van der Waals surface area contributed by atoms with Gasteiger partial charge in [-0.25, -0.2) is 0 Å². The average molecular weight is 166 g/mol. The molecule has 1 saturated carbocycles. The van der Waals surface area contributed by atoms with Gasteiger partial charge in [0.1, 0.15) is 0 Å². The predicted molar refractivity (Wildman–Crippen MR) is 45.5 cm³/mol. The molecule has 1 aliphatic heterocycles. The first-order valence-corrected chi connectivity index (χ1v) is 4.35. The smallest absolute Gasteiger partial charge is 0.173 e. The molecule has 12 heavy (non-hydrogen) atoms. The third-order valence-corrected chi connectivity index (χ3v) is 3.21. The molecule has 0 saturated heterocycles. The van der Waals surface area contributed by atoms with E-state index in [2.05, 4.69) is 13.8 Å². The van der Waals surface area contributed by atoms with Crippen molar-refractivity contribution in [3.05, 3.63) is 12.3 Å². The van der Waals surface area contributed by atoms with Gasteiger partial charge in [0.2, 0.25) is 0 Å². The standard InChI is InChI=1S/C10H14O2/c1-7(11)10-6-9(2,3)8(10)4-5-12-10/h4-5,8H,6H2,1-3H3/t8-,10-/m0/s1. The van der Waals surface area contributed by atoms with Crippen LogP contribution >= 0.6 is 0 Å². The van der Waals surface area contributed by atoms with Crippen molar-refractivity contribution in [2.24, 2.45) is 11.3 Å². The highest BCUT2D eigenvalue weighted by atomic mass is 16.5. The SMILES string of the molecule is CC(=O)[C@@]12CC(C)(C)[C@@H]1C=CO2. The zero-order valence-corrected chi connectivity index (χ0v) is 7.76. The fourth-order valence-electron chi connectivity index (χ4n) is 2.59. The molecule has 0 radical (unpaired) electrons. The van der Waals surface area contributed by atoms with Crippen LogP contribution in [0.3, 0.4) is 0 Å². The summed E-state index contributed by atoms with van der Waals surface area (Å²) in [6, 6.07) is 0. The van der Waals surface area contributed by atoms with Crippen LogP contribution in [-0.2, 0) is 9.53 Å². The van der Waals surface area contributed by atoms with Gasteiger partial charge in [-0.2, -0.15) is 0 Å². The molecule has 0 aromatic rings. The minimum atomic E-state index is -0.483. The molecule has 0 spiro atoms. The molecule has 0 N–H and O–H groups in total. The Bertz CT molecular complexity index is 265. The van der Waals surface area contributed by atoms with Gasteiger partial charge in [-0.05, 0) is 18.4 Å². The summed E-state index contributed by atoms with van der Waals surface area (Å²) >= 11 is 0. The van der Waals surface area contributed by atoms with Crippen LogP contribution in [0.5, 0.6) is 0 Å². The van der Waals surface area contributed by atoms with Crippen molar-refractivity contribution < 1.29 is 9.53 Å². The Hall–Kier alpha value is -0.790. The molecule has 2 rings (SSSR count). The van der Waals surface area contributed by atoms with E-state index >= 15 is 0 Å². The van der Waals surface area contributed by atoms with Gasteiger partial charge in [0.15, 0.2) is 11.4 Å². The van der Waals surface area contributed by atoms with Crippen molar-refractivity contribution in [2.45, 2.75) is 32.8 Å². The third kappa shape index (κ3) is 0.680. The highest BCUT2D eigenvalue weighted by molar-refractivity contribution is 5.88. The Morgan fingerprint density at radius 2 is 2.25 bits per heavy atom. The maximum atomic E-state index is 11.4. The second-order valence-electron chi connectivity index (χ2n) is 4.54. The van der Waals surface area contributed by atoms with Crippen molar-refractivity contribution in [2.75, 3.05) is 0 Å². The van der Waals surface area contributed by atoms with Crippen LogP contribution in [0.4, 0.5) is 0 Å². The lowest BCUT2D eigenvalue weighted by molar-refractivity contribution is -0.170. The van der Waals surface area contributed by atoms with Crippen LogP contribution in [0.2, 0.25) is 0 Å². The Morgan fingerprint density at radius 3 is 2.67 bits per heavy atom. The van der Waals surface area contributed by atoms with Gasteiger partial charge in [-0.3, -0.25) is 4.79 Å². The van der Waals surface area contributed by atoms with Crippen LogP contribution < -0.4 is 0 Å². The molecule has 0 amide bonds. The zero-order chi connectivity index (χ0) is 8.98. The van der Waals surface area contributed by atoms with Crippen molar-refractivity contribution in [1.29, 1.82) is 0 Å². The van der Waals surface area contributed by atoms with E-state index in [1.807, 2.05) is 6.08 Å². The Morgan fingerprint density at radius 1 is 1.58 bits per heavy atom. The first-order chi connectivity index (χ1) is 5.49. The predicted octanol–water partition coefficient (Wildman–Crippen LogP) is 1.90. The molecular weight excluding hydrogens is 152 g/mol. The largest absolute Gasteiger partial charge is 0.487 e. The summed E-state index contributed by atoms with van der Waals surface area (Å²) in [4.78, 5) is 11.4. The van der Waals surface area contributed by atoms with Gasteiger partial charge in [-0.1, -0.05) is 13.8 Å². The molecule has 2 nitrogen and oxygen atoms in total. The topological polar surface area (TPSA) is 26.3 Å². The quantitative estimate of drug-likeness (QED) is 0.594. The first-order valence-electron chi connectivity index (χ1n) is 4.35. The fourth-order valence-corrected chi connectivity index (χ4v) is 2.59. The Labute approximate surface area is 72.6 Å². The molecule has 66 valence electrons. The van der Waals surface area contributed by atoms with Gasteiger partial charge in [0.05, 0.1) is 6.26 Å². The normalized spacial score (nSPS) is 41.4. The van der Waals surface area contributed by atoms with Crippen molar-refractivity contribution in [3.8, 4) is 0 Å². The molecule has 1 fully saturated rings. The number of carbonyl (C=O) groups excluding carboxylic acids is 1. The minimum Gasteiger partial charge on any atom is -0.487 e. The van der Waals surface area contributed by atoms with Crippen LogP contribution in [-0.4, -0.2) is 11.4 Å². The number of ether oxygens (including phenoxy) is 1. The first kappa shape index (κ1) is 7.84. The molecule has 1 aliphatic carbocycles. The molecule has 2 heteroatoms. The van der Waals surface area contributed by atoms with E-state index in [0.717, 1.165) is 6.42 Å². The zero-order valence-electron chi connectivity index (χ0n) is 7.76. The summed E-state index contributed by atoms with van der Waals surface area (Å²) in [5.41, 5.74) is -0.248. The maximum absolute atomic E-state index is 11.4. The molecule has 0 bridgehead atoms. The summed E-state index contributed by atoms with van der Waals surface area (Å²) in [7, 11) is 0. The van der Waals surface area contributed by atoms with Crippen molar-refractivity contribution in [1.82, 2.24) is 0 Å². The van der Waals surface area contributed by atoms with E-state index in [1.54, 1.807) is 13.2 Å². The van der Waals surface area contributed by atoms with E-state index in [-0.39, 0.29) is 11.2 Å². The van der Waals surface area contributed by atoms with E-state index in [9.17, 15) is 4.79 Å². The fraction of sp³-hybridized carbons (Fsp3) is 0.700. The lowest BCUT2D eigenvalue weighted by Gasteiger charge is -2.53. The van der Waals surface area contributed by atoms with Gasteiger partial charge >= 0.3 is 0 Å². The summed E-state index contributed by atoms with van der Waals surface area (Å²) in [6.07, 6.45) is 4.55. The molecule has 0 unspecified atom stereocenters. The van der Waals surface area contributed by atoms with Gasteiger partial charge in [0, 0.05) is 12.3 Å². The molecule has 1 heterocycles.